The lowest BCUT2D eigenvalue weighted by atomic mass is 10.1. The molecule has 2 N–H and O–H groups in total. The zero-order valence-electron chi connectivity index (χ0n) is 12.6. The summed E-state index contributed by atoms with van der Waals surface area (Å²) in [6, 6.07) is 11.2. The molecular formula is C17H16N4O2. The van der Waals surface area contributed by atoms with Crippen molar-refractivity contribution in [3.8, 4) is 0 Å². The number of para-hydroxylation sites is 1. The number of H-pyrrole nitrogens is 1. The van der Waals surface area contributed by atoms with Gasteiger partial charge in [-0.15, -0.1) is 0 Å². The maximum absolute atomic E-state index is 13.0. The predicted octanol–water partition coefficient (Wildman–Crippen LogP) is 3.08. The first kappa shape index (κ1) is 13.6. The Balaban J connectivity index is 1.78. The lowest BCUT2D eigenvalue weighted by molar-refractivity contribution is 0.0647. The number of hydrogen-bond donors (Lipinski definition) is 2. The van der Waals surface area contributed by atoms with Gasteiger partial charge in [-0.2, -0.15) is 0 Å². The number of imidazole rings is 1. The predicted molar refractivity (Wildman–Crippen MR) is 84.7 cm³/mol. The fourth-order valence-electron chi connectivity index (χ4n) is 2.89. The van der Waals surface area contributed by atoms with E-state index in [2.05, 4.69) is 15.3 Å². The summed E-state index contributed by atoms with van der Waals surface area (Å²) in [6.45, 7) is 2.32. The van der Waals surface area contributed by atoms with Crippen LogP contribution in [0.3, 0.4) is 0 Å². The quantitative estimate of drug-likeness (QED) is 0.780. The Morgan fingerprint density at radius 2 is 2.13 bits per heavy atom. The van der Waals surface area contributed by atoms with E-state index in [0.717, 1.165) is 22.8 Å². The van der Waals surface area contributed by atoms with Gasteiger partial charge >= 0.3 is 0 Å². The first-order valence-electron chi connectivity index (χ1n) is 7.43. The van der Waals surface area contributed by atoms with Gasteiger partial charge in [0.15, 0.2) is 0 Å². The minimum Gasteiger partial charge on any atom is -0.467 e. The molecule has 0 radical (unpaired) electrons. The Hall–Kier alpha value is -3.02. The monoisotopic (exact) mass is 308 g/mol. The molecular weight excluding hydrogens is 292 g/mol. The van der Waals surface area contributed by atoms with E-state index in [9.17, 15) is 4.79 Å². The minimum absolute atomic E-state index is 0.0387. The maximum atomic E-state index is 13.0. The van der Waals surface area contributed by atoms with E-state index in [0.29, 0.717) is 12.1 Å². The summed E-state index contributed by atoms with van der Waals surface area (Å²) in [5, 5.41) is 3.41. The summed E-state index contributed by atoms with van der Waals surface area (Å²) in [4.78, 5) is 22.2. The molecule has 6 heteroatoms. The number of aromatic nitrogens is 2. The second-order valence-corrected chi connectivity index (χ2v) is 5.52. The summed E-state index contributed by atoms with van der Waals surface area (Å²) in [7, 11) is 0. The van der Waals surface area contributed by atoms with Gasteiger partial charge in [0.2, 0.25) is 0 Å². The van der Waals surface area contributed by atoms with Crippen molar-refractivity contribution in [2.45, 2.75) is 19.6 Å². The highest BCUT2D eigenvalue weighted by Crippen LogP contribution is 2.34. The van der Waals surface area contributed by atoms with Crippen LogP contribution in [0.1, 0.15) is 33.7 Å². The van der Waals surface area contributed by atoms with Crippen LogP contribution in [0.2, 0.25) is 0 Å². The first-order valence-corrected chi connectivity index (χ1v) is 7.43. The van der Waals surface area contributed by atoms with Crippen LogP contribution < -0.4 is 5.32 Å². The van der Waals surface area contributed by atoms with Crippen molar-refractivity contribution in [1.29, 1.82) is 0 Å². The minimum atomic E-state index is -0.339. The first-order chi connectivity index (χ1) is 11.2. The molecule has 3 aromatic rings. The van der Waals surface area contributed by atoms with E-state index in [4.69, 9.17) is 4.42 Å². The third-order valence-corrected chi connectivity index (χ3v) is 4.06. The van der Waals surface area contributed by atoms with Gasteiger partial charge in [-0.3, -0.25) is 4.79 Å². The van der Waals surface area contributed by atoms with Crippen LogP contribution in [0.15, 0.2) is 53.4 Å². The molecule has 23 heavy (non-hydrogen) atoms. The summed E-state index contributed by atoms with van der Waals surface area (Å²) in [6.07, 6.45) is 2.91. The Bertz CT molecular complexity index is 838. The average molecular weight is 308 g/mol. The Morgan fingerprint density at radius 3 is 2.87 bits per heavy atom. The lowest BCUT2D eigenvalue weighted by Gasteiger charge is -2.36. The van der Waals surface area contributed by atoms with E-state index >= 15 is 0 Å². The topological polar surface area (TPSA) is 74.2 Å². The van der Waals surface area contributed by atoms with Crippen LogP contribution in [-0.4, -0.2) is 20.8 Å². The number of aromatic amines is 1. The van der Waals surface area contributed by atoms with Gasteiger partial charge in [0.05, 0.1) is 24.7 Å². The molecule has 3 heterocycles. The van der Waals surface area contributed by atoms with E-state index in [-0.39, 0.29) is 12.1 Å². The molecule has 1 aromatic carbocycles. The second kappa shape index (κ2) is 5.31. The number of hydrogen-bond acceptors (Lipinski definition) is 4. The van der Waals surface area contributed by atoms with Crippen molar-refractivity contribution in [2.75, 3.05) is 5.32 Å². The molecule has 1 amide bonds. The fourth-order valence-corrected chi connectivity index (χ4v) is 2.89. The summed E-state index contributed by atoms with van der Waals surface area (Å²) in [5.74, 6) is 0.695. The van der Waals surface area contributed by atoms with E-state index < -0.39 is 0 Å². The van der Waals surface area contributed by atoms with Gasteiger partial charge in [0.25, 0.3) is 5.91 Å². The molecule has 0 aliphatic carbocycles. The largest absolute Gasteiger partial charge is 0.467 e. The molecule has 1 aliphatic rings. The highest BCUT2D eigenvalue weighted by molar-refractivity contribution is 6.01. The lowest BCUT2D eigenvalue weighted by Crippen LogP contribution is -2.42. The Labute approximate surface area is 133 Å². The SMILES string of the molecule is Cc1[nH]cnc1[C@@H]1Nc2ccccc2C(=O)N1Cc1ccco1. The van der Waals surface area contributed by atoms with Gasteiger partial charge in [-0.1, -0.05) is 12.1 Å². The number of rotatable bonds is 3. The van der Waals surface area contributed by atoms with Crippen molar-refractivity contribution in [3.05, 3.63) is 71.7 Å². The van der Waals surface area contributed by atoms with E-state index in [1.54, 1.807) is 17.5 Å². The van der Waals surface area contributed by atoms with Gasteiger partial charge in [0.1, 0.15) is 17.6 Å². The van der Waals surface area contributed by atoms with Crippen molar-refractivity contribution >= 4 is 11.6 Å². The molecule has 0 fully saturated rings. The van der Waals surface area contributed by atoms with Crippen LogP contribution in [0.5, 0.6) is 0 Å². The zero-order valence-corrected chi connectivity index (χ0v) is 12.6. The standard InChI is InChI=1S/C17H16N4O2/c1-11-15(19-10-18-11)16-20-14-7-3-2-6-13(14)17(22)21(16)9-12-5-4-8-23-12/h2-8,10,16,20H,9H2,1H3,(H,18,19)/t16-/m1/s1. The molecule has 0 spiro atoms. The average Bonchev–Trinajstić information content (AvgIpc) is 3.22. The van der Waals surface area contributed by atoms with Crippen molar-refractivity contribution in [3.63, 3.8) is 0 Å². The fraction of sp³-hybridized carbons (Fsp3) is 0.176. The van der Waals surface area contributed by atoms with Gasteiger partial charge in [-0.25, -0.2) is 4.98 Å². The number of fused-ring (bicyclic) bond motifs is 1. The second-order valence-electron chi connectivity index (χ2n) is 5.52. The molecule has 0 unspecified atom stereocenters. The van der Waals surface area contributed by atoms with Crippen molar-refractivity contribution < 1.29 is 9.21 Å². The summed E-state index contributed by atoms with van der Waals surface area (Å²) < 4.78 is 5.42. The van der Waals surface area contributed by atoms with Crippen LogP contribution >= 0.6 is 0 Å². The van der Waals surface area contributed by atoms with E-state index in [1.807, 2.05) is 43.3 Å². The van der Waals surface area contributed by atoms with Gasteiger partial charge in [-0.05, 0) is 31.2 Å². The number of carbonyl (C=O) groups is 1. The number of anilines is 1. The summed E-state index contributed by atoms with van der Waals surface area (Å²) in [5.41, 5.74) is 3.21. The third-order valence-electron chi connectivity index (χ3n) is 4.06. The van der Waals surface area contributed by atoms with Crippen LogP contribution in [0.4, 0.5) is 5.69 Å². The number of aryl methyl sites for hydroxylation is 1. The molecule has 2 aromatic heterocycles. The molecule has 6 nitrogen and oxygen atoms in total. The number of nitrogens with zero attached hydrogens (tertiary/aromatic N) is 2. The molecule has 0 bridgehead atoms. The highest BCUT2D eigenvalue weighted by atomic mass is 16.3. The summed E-state index contributed by atoms with van der Waals surface area (Å²) >= 11 is 0. The molecule has 1 atom stereocenters. The molecule has 0 saturated heterocycles. The number of benzene rings is 1. The number of furan rings is 1. The third kappa shape index (κ3) is 2.28. The van der Waals surface area contributed by atoms with Crippen LogP contribution in [0.25, 0.3) is 0 Å². The van der Waals surface area contributed by atoms with Crippen LogP contribution in [0, 0.1) is 6.92 Å². The normalized spacial score (nSPS) is 17.0. The van der Waals surface area contributed by atoms with E-state index in [1.165, 1.54) is 0 Å². The highest BCUT2D eigenvalue weighted by Gasteiger charge is 2.35. The van der Waals surface area contributed by atoms with Crippen molar-refractivity contribution in [2.24, 2.45) is 0 Å². The van der Waals surface area contributed by atoms with Crippen LogP contribution in [-0.2, 0) is 6.54 Å². The molecule has 116 valence electrons. The molecule has 1 aliphatic heterocycles. The maximum Gasteiger partial charge on any atom is 0.258 e. The smallest absolute Gasteiger partial charge is 0.258 e. The molecule has 4 rings (SSSR count). The number of nitrogens with one attached hydrogen (secondary N) is 2. The number of amides is 1. The zero-order chi connectivity index (χ0) is 15.8. The van der Waals surface area contributed by atoms with Gasteiger partial charge < -0.3 is 19.6 Å². The Morgan fingerprint density at radius 1 is 1.26 bits per heavy atom. The Kier molecular flexibility index (Phi) is 3.15. The van der Waals surface area contributed by atoms with Crippen molar-refractivity contribution in [1.82, 2.24) is 14.9 Å². The van der Waals surface area contributed by atoms with Gasteiger partial charge in [0, 0.05) is 11.4 Å². The molecule has 0 saturated carbocycles. The number of carbonyl (C=O) groups excluding carboxylic acids is 1.